The van der Waals surface area contributed by atoms with Gasteiger partial charge in [0.1, 0.15) is 12.0 Å². The van der Waals surface area contributed by atoms with Crippen LogP contribution in [0.1, 0.15) is 46.5 Å². The number of esters is 1. The van der Waals surface area contributed by atoms with E-state index < -0.39 is 11.6 Å². The molecule has 0 aromatic carbocycles. The summed E-state index contributed by atoms with van der Waals surface area (Å²) in [4.78, 5) is 11.6. The molecule has 0 bridgehead atoms. The van der Waals surface area contributed by atoms with Crippen molar-refractivity contribution in [2.24, 2.45) is 11.3 Å². The predicted molar refractivity (Wildman–Crippen MR) is 81.1 cm³/mol. The molecule has 120 valence electrons. The molecule has 2 rings (SSSR count). The Morgan fingerprint density at radius 2 is 2.14 bits per heavy atom. The number of alkyl halides is 1. The van der Waals surface area contributed by atoms with E-state index in [0.717, 1.165) is 17.6 Å². The molecule has 0 heterocycles. The van der Waals surface area contributed by atoms with Gasteiger partial charge in [0.05, 0.1) is 5.60 Å². The third-order valence-corrected chi connectivity index (χ3v) is 5.16. The van der Waals surface area contributed by atoms with Gasteiger partial charge in [-0.3, -0.25) is 4.79 Å². The van der Waals surface area contributed by atoms with E-state index in [-0.39, 0.29) is 29.9 Å². The first-order chi connectivity index (χ1) is 9.75. The fourth-order valence-electron chi connectivity index (χ4n) is 3.83. The highest BCUT2D eigenvalue weighted by atomic mass is 35.5. The van der Waals surface area contributed by atoms with E-state index in [0.29, 0.717) is 19.3 Å². The Kier molecular flexibility index (Phi) is 4.72. The lowest BCUT2D eigenvalue weighted by molar-refractivity contribution is -0.148. The molecule has 0 amide bonds. The molecule has 2 N–H and O–H groups in total. The lowest BCUT2D eigenvalue weighted by atomic mass is 9.74. The Hall–Kier alpha value is -0.580. The van der Waals surface area contributed by atoms with Gasteiger partial charge in [-0.25, -0.2) is 0 Å². The van der Waals surface area contributed by atoms with E-state index in [4.69, 9.17) is 16.3 Å². The van der Waals surface area contributed by atoms with Gasteiger partial charge in [-0.2, -0.15) is 0 Å². The molecular formula is C16H25ClO4. The largest absolute Gasteiger partial charge is 0.456 e. The average Bonchev–Trinajstić information content (AvgIpc) is 2.68. The predicted octanol–water partition coefficient (Wildman–Crippen LogP) is 2.41. The van der Waals surface area contributed by atoms with Crippen LogP contribution in [0.4, 0.5) is 0 Å². The van der Waals surface area contributed by atoms with Crippen LogP contribution in [0.25, 0.3) is 0 Å². The molecule has 5 heteroatoms. The Bertz CT molecular complexity index is 457. The highest BCUT2D eigenvalue weighted by molar-refractivity contribution is 6.26. The maximum Gasteiger partial charge on any atom is 0.321 e. The summed E-state index contributed by atoms with van der Waals surface area (Å²) >= 11 is 5.57. The summed E-state index contributed by atoms with van der Waals surface area (Å²) in [7, 11) is 0. The van der Waals surface area contributed by atoms with Crippen LogP contribution < -0.4 is 0 Å². The smallest absolute Gasteiger partial charge is 0.321 e. The van der Waals surface area contributed by atoms with E-state index in [2.05, 4.69) is 6.92 Å². The van der Waals surface area contributed by atoms with Crippen molar-refractivity contribution in [2.75, 3.05) is 12.5 Å². The maximum atomic E-state index is 11.6. The number of aliphatic hydroxyl groups is 2. The van der Waals surface area contributed by atoms with Crippen molar-refractivity contribution in [1.82, 2.24) is 0 Å². The van der Waals surface area contributed by atoms with Crippen LogP contribution in [0, 0.1) is 11.3 Å². The zero-order chi connectivity index (χ0) is 15.8. The highest BCUT2D eigenvalue weighted by Gasteiger charge is 2.52. The van der Waals surface area contributed by atoms with Crippen LogP contribution >= 0.6 is 11.6 Å². The van der Waals surface area contributed by atoms with Crippen molar-refractivity contribution in [3.05, 3.63) is 11.1 Å². The Labute approximate surface area is 131 Å². The average molecular weight is 317 g/mol. The minimum atomic E-state index is -0.962. The Balaban J connectivity index is 2.41. The molecule has 4 nitrogen and oxygen atoms in total. The number of halogens is 1. The zero-order valence-corrected chi connectivity index (χ0v) is 13.7. The third kappa shape index (κ3) is 2.99. The maximum absolute atomic E-state index is 11.6. The minimum Gasteiger partial charge on any atom is -0.456 e. The molecule has 21 heavy (non-hydrogen) atoms. The normalized spacial score (nSPS) is 34.8. The van der Waals surface area contributed by atoms with Crippen LogP contribution in [-0.2, 0) is 9.53 Å². The van der Waals surface area contributed by atoms with Gasteiger partial charge < -0.3 is 14.9 Å². The first-order valence-electron chi connectivity index (χ1n) is 7.57. The van der Waals surface area contributed by atoms with Crippen molar-refractivity contribution in [3.8, 4) is 0 Å². The molecule has 0 aromatic heterocycles. The molecule has 0 spiro atoms. The number of carbonyl (C=O) groups is 1. The molecule has 2 aliphatic carbocycles. The van der Waals surface area contributed by atoms with E-state index >= 15 is 0 Å². The molecule has 3 atom stereocenters. The van der Waals surface area contributed by atoms with Crippen molar-refractivity contribution in [2.45, 2.75) is 58.2 Å². The number of aliphatic hydroxyl groups excluding tert-OH is 1. The second kappa shape index (κ2) is 5.90. The fraction of sp³-hybridized carbons (Fsp3) is 0.812. The SMILES string of the molecule is C[C@@H]1CC[C@](O)(CCO)C2=C1[C@H](OC(=O)CCl)C(C)(C)C2. The minimum absolute atomic E-state index is 0.0474. The number of hydrogen-bond acceptors (Lipinski definition) is 4. The summed E-state index contributed by atoms with van der Waals surface area (Å²) in [5, 5.41) is 20.2. The quantitative estimate of drug-likeness (QED) is 0.475. The van der Waals surface area contributed by atoms with Crippen molar-refractivity contribution in [1.29, 1.82) is 0 Å². The van der Waals surface area contributed by atoms with E-state index in [1.807, 2.05) is 13.8 Å². The molecule has 0 radical (unpaired) electrons. The lowest BCUT2D eigenvalue weighted by Crippen LogP contribution is -2.38. The van der Waals surface area contributed by atoms with Crippen LogP contribution in [0.5, 0.6) is 0 Å². The lowest BCUT2D eigenvalue weighted by Gasteiger charge is -2.37. The van der Waals surface area contributed by atoms with Crippen molar-refractivity contribution < 1.29 is 19.7 Å². The van der Waals surface area contributed by atoms with E-state index in [9.17, 15) is 15.0 Å². The van der Waals surface area contributed by atoms with E-state index in [1.165, 1.54) is 0 Å². The molecule has 0 saturated carbocycles. The molecule has 0 unspecified atom stereocenters. The standard InChI is InChI=1S/C16H25ClO4/c1-10-4-5-16(20,6-7-18)11-8-15(2,3)14(13(10)11)21-12(19)9-17/h10,14,18,20H,4-9H2,1-3H3/t10-,14+,16+/m1/s1. The van der Waals surface area contributed by atoms with Gasteiger partial charge in [0.2, 0.25) is 0 Å². The van der Waals surface area contributed by atoms with Gasteiger partial charge in [-0.15, -0.1) is 11.6 Å². The van der Waals surface area contributed by atoms with Crippen molar-refractivity contribution in [3.63, 3.8) is 0 Å². The molecule has 0 aliphatic heterocycles. The van der Waals surface area contributed by atoms with Gasteiger partial charge in [-0.1, -0.05) is 20.8 Å². The molecule has 0 aromatic rings. The molecular weight excluding hydrogens is 292 g/mol. The third-order valence-electron chi connectivity index (χ3n) is 4.94. The molecule has 0 fully saturated rings. The number of rotatable bonds is 4. The van der Waals surface area contributed by atoms with Gasteiger partial charge in [0.15, 0.2) is 0 Å². The second-order valence-corrected chi connectivity index (χ2v) is 7.31. The first kappa shape index (κ1) is 16.8. The van der Waals surface area contributed by atoms with Crippen LogP contribution in [0.15, 0.2) is 11.1 Å². The van der Waals surface area contributed by atoms with Crippen LogP contribution in [-0.4, -0.2) is 40.4 Å². The summed E-state index contributed by atoms with van der Waals surface area (Å²) in [6.45, 7) is 6.15. The van der Waals surface area contributed by atoms with Gasteiger partial charge in [-0.05, 0) is 36.3 Å². The van der Waals surface area contributed by atoms with Crippen LogP contribution in [0.2, 0.25) is 0 Å². The highest BCUT2D eigenvalue weighted by Crippen LogP contribution is 2.54. The summed E-state index contributed by atoms with van der Waals surface area (Å²) in [6, 6.07) is 0. The molecule has 2 aliphatic rings. The second-order valence-electron chi connectivity index (χ2n) is 7.05. The number of ether oxygens (including phenoxy) is 1. The van der Waals surface area contributed by atoms with Gasteiger partial charge in [0.25, 0.3) is 0 Å². The summed E-state index contributed by atoms with van der Waals surface area (Å²) < 4.78 is 5.58. The Morgan fingerprint density at radius 3 is 2.71 bits per heavy atom. The van der Waals surface area contributed by atoms with Crippen LogP contribution in [0.3, 0.4) is 0 Å². The zero-order valence-electron chi connectivity index (χ0n) is 13.0. The first-order valence-corrected chi connectivity index (χ1v) is 8.10. The fourth-order valence-corrected chi connectivity index (χ4v) is 3.89. The summed E-state index contributed by atoms with van der Waals surface area (Å²) in [5.74, 6) is -0.314. The van der Waals surface area contributed by atoms with Gasteiger partial charge in [0, 0.05) is 18.4 Å². The summed E-state index contributed by atoms with van der Waals surface area (Å²) in [6.07, 6.45) is 2.17. The number of hydrogen-bond donors (Lipinski definition) is 2. The summed E-state index contributed by atoms with van der Waals surface area (Å²) in [5.41, 5.74) is 0.790. The monoisotopic (exact) mass is 316 g/mol. The molecule has 0 saturated heterocycles. The Morgan fingerprint density at radius 1 is 1.48 bits per heavy atom. The van der Waals surface area contributed by atoms with Gasteiger partial charge >= 0.3 is 5.97 Å². The van der Waals surface area contributed by atoms with Crippen molar-refractivity contribution >= 4 is 17.6 Å². The number of carbonyl (C=O) groups excluding carboxylic acids is 1. The van der Waals surface area contributed by atoms with E-state index in [1.54, 1.807) is 0 Å². The topological polar surface area (TPSA) is 66.8 Å².